The van der Waals surface area contributed by atoms with Gasteiger partial charge in [0.2, 0.25) is 0 Å². The van der Waals surface area contributed by atoms with Gasteiger partial charge in [0, 0.05) is 20.2 Å². The number of nitrogens with zero attached hydrogens (tertiary/aromatic N) is 4. The second-order valence-corrected chi connectivity index (χ2v) is 3.34. The van der Waals surface area contributed by atoms with Gasteiger partial charge in [-0.25, -0.2) is 14.3 Å². The zero-order valence-corrected chi connectivity index (χ0v) is 8.38. The molecule has 2 rings (SSSR count). The highest BCUT2D eigenvalue weighted by Gasteiger charge is 2.09. The van der Waals surface area contributed by atoms with E-state index in [9.17, 15) is 4.79 Å². The fraction of sp³-hybridized carbons (Fsp3) is 0.222. The summed E-state index contributed by atoms with van der Waals surface area (Å²) < 4.78 is 1.46. The van der Waals surface area contributed by atoms with E-state index in [1.165, 1.54) is 10.6 Å². The monoisotopic (exact) mass is 206 g/mol. The van der Waals surface area contributed by atoms with Crippen molar-refractivity contribution in [1.29, 1.82) is 0 Å². The number of aromatic carboxylic acids is 1. The molecular weight excluding hydrogens is 196 g/mol. The zero-order chi connectivity index (χ0) is 11.0. The van der Waals surface area contributed by atoms with E-state index in [4.69, 9.17) is 5.11 Å². The molecule has 0 fully saturated rings. The van der Waals surface area contributed by atoms with Crippen LogP contribution in [0.2, 0.25) is 0 Å². The number of hydrogen-bond donors (Lipinski definition) is 1. The molecule has 15 heavy (non-hydrogen) atoms. The van der Waals surface area contributed by atoms with E-state index in [2.05, 4.69) is 10.1 Å². The van der Waals surface area contributed by atoms with E-state index >= 15 is 0 Å². The smallest absolute Gasteiger partial charge is 0.356 e. The van der Waals surface area contributed by atoms with Gasteiger partial charge in [0.1, 0.15) is 0 Å². The summed E-state index contributed by atoms with van der Waals surface area (Å²) in [7, 11) is 3.76. The molecule has 2 aromatic rings. The molecule has 0 aliphatic rings. The summed E-state index contributed by atoms with van der Waals surface area (Å²) in [6, 6.07) is 1.43. The van der Waals surface area contributed by atoms with Gasteiger partial charge in [-0.2, -0.15) is 5.10 Å². The van der Waals surface area contributed by atoms with Crippen LogP contribution in [0.5, 0.6) is 0 Å². The number of carbonyl (C=O) groups is 1. The van der Waals surface area contributed by atoms with Gasteiger partial charge in [-0.05, 0) is 0 Å². The molecule has 0 amide bonds. The van der Waals surface area contributed by atoms with Crippen LogP contribution in [0.3, 0.4) is 0 Å². The van der Waals surface area contributed by atoms with Gasteiger partial charge in [0.25, 0.3) is 0 Å². The molecular formula is C9H10N4O2. The van der Waals surface area contributed by atoms with Gasteiger partial charge < -0.3 is 10.0 Å². The Morgan fingerprint density at radius 1 is 1.53 bits per heavy atom. The van der Waals surface area contributed by atoms with Crippen LogP contribution in [0, 0.1) is 0 Å². The number of fused-ring (bicyclic) bond motifs is 1. The number of anilines is 1. The lowest BCUT2D eigenvalue weighted by Crippen LogP contribution is -2.10. The van der Waals surface area contributed by atoms with E-state index in [-0.39, 0.29) is 5.69 Å². The Labute approximate surface area is 85.8 Å². The van der Waals surface area contributed by atoms with Gasteiger partial charge in [0.05, 0.1) is 18.1 Å². The Balaban J connectivity index is 2.57. The maximum Gasteiger partial charge on any atom is 0.356 e. The van der Waals surface area contributed by atoms with Crippen molar-refractivity contribution >= 4 is 17.3 Å². The predicted molar refractivity (Wildman–Crippen MR) is 54.3 cm³/mol. The molecule has 0 saturated carbocycles. The average Bonchev–Trinajstić information content (AvgIpc) is 2.59. The molecule has 0 saturated heterocycles. The Morgan fingerprint density at radius 3 is 2.87 bits per heavy atom. The van der Waals surface area contributed by atoms with E-state index < -0.39 is 5.97 Å². The quantitative estimate of drug-likeness (QED) is 0.774. The van der Waals surface area contributed by atoms with Crippen LogP contribution in [-0.2, 0) is 0 Å². The van der Waals surface area contributed by atoms with E-state index in [1.54, 1.807) is 12.4 Å². The van der Waals surface area contributed by atoms with Crippen LogP contribution in [0.25, 0.3) is 5.65 Å². The molecule has 6 heteroatoms. The Kier molecular flexibility index (Phi) is 2.03. The average molecular weight is 206 g/mol. The minimum absolute atomic E-state index is 0.00148. The topological polar surface area (TPSA) is 70.7 Å². The highest BCUT2D eigenvalue weighted by atomic mass is 16.4. The number of carboxylic acid groups (broad SMARTS) is 1. The van der Waals surface area contributed by atoms with E-state index in [0.29, 0.717) is 5.65 Å². The van der Waals surface area contributed by atoms with Crippen LogP contribution in [0.15, 0.2) is 18.5 Å². The lowest BCUT2D eigenvalue weighted by atomic mass is 10.4. The third-order valence-corrected chi connectivity index (χ3v) is 2.04. The second kappa shape index (κ2) is 3.23. The molecule has 0 atom stereocenters. The first-order chi connectivity index (χ1) is 7.08. The summed E-state index contributed by atoms with van der Waals surface area (Å²) in [4.78, 5) is 16.6. The first-order valence-electron chi connectivity index (χ1n) is 4.34. The van der Waals surface area contributed by atoms with Crippen molar-refractivity contribution in [3.8, 4) is 0 Å². The highest BCUT2D eigenvalue weighted by Crippen LogP contribution is 2.11. The largest absolute Gasteiger partial charge is 0.476 e. The van der Waals surface area contributed by atoms with Gasteiger partial charge in [-0.15, -0.1) is 0 Å². The maximum absolute atomic E-state index is 10.7. The van der Waals surface area contributed by atoms with Crippen molar-refractivity contribution in [1.82, 2.24) is 14.6 Å². The SMILES string of the molecule is CN(C)c1cnc2cc(C(=O)O)nn2c1. The van der Waals surface area contributed by atoms with Crippen molar-refractivity contribution in [3.63, 3.8) is 0 Å². The first kappa shape index (κ1) is 9.45. The molecule has 0 unspecified atom stereocenters. The van der Waals surface area contributed by atoms with Crippen LogP contribution in [0.4, 0.5) is 5.69 Å². The van der Waals surface area contributed by atoms with E-state index in [1.807, 2.05) is 19.0 Å². The zero-order valence-electron chi connectivity index (χ0n) is 8.38. The molecule has 2 heterocycles. The van der Waals surface area contributed by atoms with Crippen molar-refractivity contribution < 1.29 is 9.90 Å². The fourth-order valence-corrected chi connectivity index (χ4v) is 1.20. The van der Waals surface area contributed by atoms with Crippen LogP contribution in [0.1, 0.15) is 10.5 Å². The second-order valence-electron chi connectivity index (χ2n) is 3.34. The normalized spacial score (nSPS) is 10.5. The molecule has 0 aliphatic carbocycles. The molecule has 0 radical (unpaired) electrons. The summed E-state index contributed by atoms with van der Waals surface area (Å²) in [6.45, 7) is 0. The Morgan fingerprint density at radius 2 is 2.27 bits per heavy atom. The van der Waals surface area contributed by atoms with Crippen LogP contribution >= 0.6 is 0 Å². The van der Waals surface area contributed by atoms with E-state index in [0.717, 1.165) is 5.69 Å². The summed E-state index contributed by atoms with van der Waals surface area (Å²) in [5.41, 5.74) is 1.39. The highest BCUT2D eigenvalue weighted by molar-refractivity contribution is 5.86. The summed E-state index contributed by atoms with van der Waals surface area (Å²) in [5, 5.41) is 12.6. The van der Waals surface area contributed by atoms with Crippen molar-refractivity contribution in [2.75, 3.05) is 19.0 Å². The molecule has 2 aromatic heterocycles. The number of carboxylic acids is 1. The summed E-state index contributed by atoms with van der Waals surface area (Å²) >= 11 is 0. The van der Waals surface area contributed by atoms with Gasteiger partial charge >= 0.3 is 5.97 Å². The number of rotatable bonds is 2. The summed E-state index contributed by atoms with van der Waals surface area (Å²) in [6.07, 6.45) is 3.40. The molecule has 6 nitrogen and oxygen atoms in total. The molecule has 0 aromatic carbocycles. The lowest BCUT2D eigenvalue weighted by Gasteiger charge is -2.10. The minimum atomic E-state index is -1.05. The fourth-order valence-electron chi connectivity index (χ4n) is 1.20. The predicted octanol–water partition coefficient (Wildman–Crippen LogP) is 0.493. The van der Waals surface area contributed by atoms with Crippen molar-refractivity contribution in [3.05, 3.63) is 24.2 Å². The third kappa shape index (κ3) is 1.61. The first-order valence-corrected chi connectivity index (χ1v) is 4.34. The Bertz CT molecular complexity index is 518. The molecule has 0 bridgehead atoms. The van der Waals surface area contributed by atoms with Gasteiger partial charge in [-0.3, -0.25) is 0 Å². The van der Waals surface area contributed by atoms with Gasteiger partial charge in [0.15, 0.2) is 11.3 Å². The third-order valence-electron chi connectivity index (χ3n) is 2.04. The lowest BCUT2D eigenvalue weighted by molar-refractivity contribution is 0.0690. The standard InChI is InChI=1S/C9H10N4O2/c1-12(2)6-4-10-8-3-7(9(14)15)11-13(8)5-6/h3-5H,1-2H3,(H,14,15). The van der Waals surface area contributed by atoms with Crippen LogP contribution < -0.4 is 4.90 Å². The Hall–Kier alpha value is -2.11. The molecule has 78 valence electrons. The molecule has 0 aliphatic heterocycles. The van der Waals surface area contributed by atoms with Gasteiger partial charge in [-0.1, -0.05) is 0 Å². The number of hydrogen-bond acceptors (Lipinski definition) is 4. The van der Waals surface area contributed by atoms with Crippen LogP contribution in [-0.4, -0.2) is 39.8 Å². The van der Waals surface area contributed by atoms with Crippen molar-refractivity contribution in [2.45, 2.75) is 0 Å². The van der Waals surface area contributed by atoms with Crippen molar-refractivity contribution in [2.24, 2.45) is 0 Å². The molecule has 0 spiro atoms. The maximum atomic E-state index is 10.7. The minimum Gasteiger partial charge on any atom is -0.476 e. The number of aromatic nitrogens is 3. The molecule has 1 N–H and O–H groups in total. The summed E-state index contributed by atoms with van der Waals surface area (Å²) in [5.74, 6) is -1.05.